The molecule has 3 aliphatic rings. The first-order valence-electron chi connectivity index (χ1n) is 12.1. The minimum absolute atomic E-state index is 0.0301. The topological polar surface area (TPSA) is 106 Å². The Morgan fingerprint density at radius 2 is 2.05 bits per heavy atom. The SMILES string of the molecule is C=CC(=O)N1CCN2C(=O)c3c(N4C[C@@H](O)CC4(C)C)nc(-c4c(O)cccc4F)c(Cl)c3OCC2C1. The van der Waals surface area contributed by atoms with E-state index in [2.05, 4.69) is 11.6 Å². The molecule has 3 aliphatic heterocycles. The molecule has 2 atom stereocenters. The number of rotatable bonds is 3. The molecule has 2 N–H and O–H groups in total. The number of halogens is 2. The van der Waals surface area contributed by atoms with E-state index >= 15 is 0 Å². The third-order valence-electron chi connectivity index (χ3n) is 7.28. The zero-order valence-electron chi connectivity index (χ0n) is 20.6. The first-order valence-corrected chi connectivity index (χ1v) is 12.4. The summed E-state index contributed by atoms with van der Waals surface area (Å²) in [4.78, 5) is 35.9. The van der Waals surface area contributed by atoms with Crippen molar-refractivity contribution in [3.63, 3.8) is 0 Å². The smallest absolute Gasteiger partial charge is 0.261 e. The average Bonchev–Trinajstić information content (AvgIpc) is 3.04. The van der Waals surface area contributed by atoms with E-state index in [0.717, 1.165) is 0 Å². The van der Waals surface area contributed by atoms with E-state index < -0.39 is 23.5 Å². The van der Waals surface area contributed by atoms with Gasteiger partial charge in [-0.2, -0.15) is 0 Å². The van der Waals surface area contributed by atoms with Crippen LogP contribution < -0.4 is 9.64 Å². The highest BCUT2D eigenvalue weighted by Crippen LogP contribution is 2.48. The zero-order chi connectivity index (χ0) is 26.6. The number of nitrogens with zero attached hydrogens (tertiary/aromatic N) is 4. The number of aromatic nitrogens is 1. The van der Waals surface area contributed by atoms with E-state index in [0.29, 0.717) is 13.0 Å². The van der Waals surface area contributed by atoms with Gasteiger partial charge >= 0.3 is 0 Å². The van der Waals surface area contributed by atoms with Gasteiger partial charge in [-0.05, 0) is 38.5 Å². The van der Waals surface area contributed by atoms with Crippen LogP contribution >= 0.6 is 11.6 Å². The lowest BCUT2D eigenvalue weighted by Crippen LogP contribution is -2.57. The van der Waals surface area contributed by atoms with Crippen LogP contribution in [0.15, 0.2) is 30.9 Å². The second kappa shape index (κ2) is 9.18. The lowest BCUT2D eigenvalue weighted by molar-refractivity contribution is -0.128. The third-order valence-corrected chi connectivity index (χ3v) is 7.63. The lowest BCUT2D eigenvalue weighted by Gasteiger charge is -2.40. The number of carbonyl (C=O) groups is 2. The predicted molar refractivity (Wildman–Crippen MR) is 135 cm³/mol. The standard InChI is InChI=1S/C26H28ClFN4O5/c1-4-18(35)30-8-9-31-14(11-30)13-37-23-20(25(31)36)24(32-12-15(33)10-26(32,2)3)29-22(21(23)27)19-16(28)6-5-7-17(19)34/h4-7,14-15,33-34H,1,8-13H2,2-3H3/t14?,15-/m0/s1. The monoisotopic (exact) mass is 530 g/mol. The Hall–Kier alpha value is -3.37. The van der Waals surface area contributed by atoms with Gasteiger partial charge in [0.15, 0.2) is 5.75 Å². The maximum Gasteiger partial charge on any atom is 0.261 e. The van der Waals surface area contributed by atoms with E-state index in [1.807, 2.05) is 13.8 Å². The first kappa shape index (κ1) is 25.3. The van der Waals surface area contributed by atoms with Crippen molar-refractivity contribution in [1.29, 1.82) is 0 Å². The van der Waals surface area contributed by atoms with Gasteiger partial charge in [0.2, 0.25) is 5.91 Å². The number of carbonyl (C=O) groups excluding carboxylic acids is 2. The summed E-state index contributed by atoms with van der Waals surface area (Å²) in [5.74, 6) is -1.50. The number of hydrogen-bond acceptors (Lipinski definition) is 7. The van der Waals surface area contributed by atoms with Crippen LogP contribution in [0.1, 0.15) is 30.6 Å². The van der Waals surface area contributed by atoms with E-state index in [9.17, 15) is 24.2 Å². The van der Waals surface area contributed by atoms with Crippen LogP contribution in [-0.2, 0) is 4.79 Å². The summed E-state index contributed by atoms with van der Waals surface area (Å²) in [6.45, 7) is 8.44. The number of aliphatic hydroxyl groups excluding tert-OH is 1. The molecule has 37 heavy (non-hydrogen) atoms. The number of aliphatic hydroxyl groups is 1. The predicted octanol–water partition coefficient (Wildman–Crippen LogP) is 2.83. The number of ether oxygens (including phenoxy) is 1. The van der Waals surface area contributed by atoms with Gasteiger partial charge in [0.1, 0.15) is 40.3 Å². The van der Waals surface area contributed by atoms with E-state index in [-0.39, 0.29) is 77.2 Å². The van der Waals surface area contributed by atoms with Crippen molar-refractivity contribution in [1.82, 2.24) is 14.8 Å². The molecule has 0 spiro atoms. The molecular weight excluding hydrogens is 503 g/mol. The Kier molecular flexibility index (Phi) is 6.27. The number of benzene rings is 1. The number of amides is 2. The Bertz CT molecular complexity index is 1280. The second-order valence-corrected chi connectivity index (χ2v) is 10.5. The number of phenolic OH excluding ortho intramolecular Hbond substituents is 1. The molecule has 11 heteroatoms. The van der Waals surface area contributed by atoms with E-state index in [1.54, 1.807) is 14.7 Å². The lowest BCUT2D eigenvalue weighted by atomic mass is 10.00. The van der Waals surface area contributed by atoms with Gasteiger partial charge in [-0.25, -0.2) is 9.37 Å². The summed E-state index contributed by atoms with van der Waals surface area (Å²) >= 11 is 6.74. The summed E-state index contributed by atoms with van der Waals surface area (Å²) in [7, 11) is 0. The molecule has 0 bridgehead atoms. The number of anilines is 1. The highest BCUT2D eigenvalue weighted by Gasteiger charge is 2.45. The molecule has 196 valence electrons. The molecule has 4 heterocycles. The molecular formula is C26H28ClFN4O5. The largest absolute Gasteiger partial charge is 0.507 e. The molecule has 0 radical (unpaired) electrons. The van der Waals surface area contributed by atoms with Gasteiger partial charge in [0, 0.05) is 31.7 Å². The highest BCUT2D eigenvalue weighted by molar-refractivity contribution is 6.35. The Labute approximate surface area is 218 Å². The Morgan fingerprint density at radius 3 is 2.70 bits per heavy atom. The van der Waals surface area contributed by atoms with Crippen molar-refractivity contribution in [2.45, 2.75) is 38.0 Å². The van der Waals surface area contributed by atoms with Crippen LogP contribution in [0.4, 0.5) is 10.2 Å². The fourth-order valence-corrected chi connectivity index (χ4v) is 5.75. The molecule has 2 amide bonds. The van der Waals surface area contributed by atoms with Crippen LogP contribution in [0.3, 0.4) is 0 Å². The van der Waals surface area contributed by atoms with Gasteiger partial charge in [-0.3, -0.25) is 9.59 Å². The normalized spacial score (nSPS) is 22.7. The Morgan fingerprint density at radius 1 is 1.30 bits per heavy atom. The van der Waals surface area contributed by atoms with Crippen LogP contribution in [0.25, 0.3) is 11.3 Å². The van der Waals surface area contributed by atoms with Crippen molar-refractivity contribution in [2.75, 3.05) is 37.7 Å². The molecule has 2 saturated heterocycles. The quantitative estimate of drug-likeness (QED) is 0.588. The first-order chi connectivity index (χ1) is 17.5. The van der Waals surface area contributed by atoms with Crippen molar-refractivity contribution in [3.8, 4) is 22.8 Å². The van der Waals surface area contributed by atoms with E-state index in [4.69, 9.17) is 16.3 Å². The fourth-order valence-electron chi connectivity index (χ4n) is 5.47. The van der Waals surface area contributed by atoms with Crippen LogP contribution in [0.2, 0.25) is 5.02 Å². The number of piperazine rings is 1. The number of phenols is 1. The summed E-state index contributed by atoms with van der Waals surface area (Å²) in [6, 6.07) is 3.41. The molecule has 2 aromatic rings. The number of hydrogen-bond donors (Lipinski definition) is 2. The summed E-state index contributed by atoms with van der Waals surface area (Å²) < 4.78 is 21.1. The van der Waals surface area contributed by atoms with Gasteiger partial charge in [0.25, 0.3) is 5.91 Å². The number of fused-ring (bicyclic) bond motifs is 2. The molecule has 1 unspecified atom stereocenters. The maximum absolute atomic E-state index is 14.9. The molecule has 9 nitrogen and oxygen atoms in total. The van der Waals surface area contributed by atoms with Gasteiger partial charge in [0.05, 0.1) is 17.7 Å². The molecule has 0 saturated carbocycles. The Balaban J connectivity index is 1.70. The summed E-state index contributed by atoms with van der Waals surface area (Å²) in [5.41, 5.74) is -0.768. The summed E-state index contributed by atoms with van der Waals surface area (Å²) in [5, 5.41) is 20.9. The van der Waals surface area contributed by atoms with Crippen molar-refractivity contribution in [2.24, 2.45) is 0 Å². The van der Waals surface area contributed by atoms with Crippen molar-refractivity contribution >= 4 is 29.2 Å². The molecule has 0 aliphatic carbocycles. The average molecular weight is 531 g/mol. The van der Waals surface area contributed by atoms with E-state index in [1.165, 1.54) is 24.3 Å². The van der Waals surface area contributed by atoms with Gasteiger partial charge in [-0.1, -0.05) is 24.2 Å². The van der Waals surface area contributed by atoms with Gasteiger partial charge < -0.3 is 29.6 Å². The minimum Gasteiger partial charge on any atom is -0.507 e. The zero-order valence-corrected chi connectivity index (χ0v) is 21.3. The van der Waals surface area contributed by atoms with Crippen LogP contribution in [0.5, 0.6) is 11.5 Å². The second-order valence-electron chi connectivity index (χ2n) is 10.2. The van der Waals surface area contributed by atoms with Crippen LogP contribution in [-0.4, -0.2) is 87.3 Å². The van der Waals surface area contributed by atoms with Crippen LogP contribution in [0, 0.1) is 5.82 Å². The molecule has 1 aromatic heterocycles. The highest BCUT2D eigenvalue weighted by atomic mass is 35.5. The maximum atomic E-state index is 14.9. The molecule has 1 aromatic carbocycles. The van der Waals surface area contributed by atoms with Gasteiger partial charge in [-0.15, -0.1) is 0 Å². The van der Waals surface area contributed by atoms with Crippen molar-refractivity contribution in [3.05, 3.63) is 47.3 Å². The number of β-amino-alcohol motifs (C(OH)–C–C–N with tert-alkyl or cyclic N) is 1. The summed E-state index contributed by atoms with van der Waals surface area (Å²) in [6.07, 6.45) is 0.986. The molecule has 5 rings (SSSR count). The number of aromatic hydroxyl groups is 1. The minimum atomic E-state index is -0.739. The molecule has 2 fully saturated rings. The van der Waals surface area contributed by atoms with Crippen molar-refractivity contribution < 1.29 is 28.9 Å². The number of pyridine rings is 1. The third kappa shape index (κ3) is 4.18. The fraction of sp³-hybridized carbons (Fsp3) is 0.423.